The molecule has 2 aromatic carbocycles. The molecule has 2 aromatic rings. The van der Waals surface area contributed by atoms with Gasteiger partial charge in [0.15, 0.2) is 15.6 Å². The summed E-state index contributed by atoms with van der Waals surface area (Å²) in [6, 6.07) is 16.5. The van der Waals surface area contributed by atoms with Crippen molar-refractivity contribution < 1.29 is 13.2 Å². The highest BCUT2D eigenvalue weighted by Crippen LogP contribution is 2.31. The van der Waals surface area contributed by atoms with Crippen LogP contribution in [0.15, 0.2) is 54.6 Å². The summed E-state index contributed by atoms with van der Waals surface area (Å²) in [5.74, 6) is -0.584. The molecule has 0 N–H and O–H groups in total. The van der Waals surface area contributed by atoms with Gasteiger partial charge < -0.3 is 0 Å². The summed E-state index contributed by atoms with van der Waals surface area (Å²) in [6.07, 6.45) is 1.01. The van der Waals surface area contributed by atoms with Crippen LogP contribution >= 0.6 is 11.6 Å². The highest BCUT2D eigenvalue weighted by atomic mass is 35.5. The van der Waals surface area contributed by atoms with Gasteiger partial charge >= 0.3 is 0 Å². The first kappa shape index (κ1) is 16.7. The third-order valence-corrected chi connectivity index (χ3v) is 6.57. The van der Waals surface area contributed by atoms with Gasteiger partial charge in [0, 0.05) is 11.8 Å². The molecular formula is C17H17ClO3S. The molecule has 116 valence electrons. The normalized spacial score (nSPS) is 14.3. The molecule has 0 aliphatic rings. The fourth-order valence-electron chi connectivity index (χ4n) is 2.25. The van der Waals surface area contributed by atoms with Gasteiger partial charge in [0.25, 0.3) is 0 Å². The molecule has 0 heterocycles. The second-order valence-corrected chi connectivity index (χ2v) is 8.24. The summed E-state index contributed by atoms with van der Waals surface area (Å²) >= 11 is 6.10. The second-order valence-electron chi connectivity index (χ2n) is 5.13. The van der Waals surface area contributed by atoms with Crippen molar-refractivity contribution in [2.75, 3.05) is 6.26 Å². The predicted octanol–water partition coefficient (Wildman–Crippen LogP) is 3.93. The largest absolute Gasteiger partial charge is 0.291 e. The number of benzene rings is 2. The third-order valence-electron chi connectivity index (χ3n) is 3.64. The quantitative estimate of drug-likeness (QED) is 0.614. The molecule has 0 fully saturated rings. The molecule has 0 bridgehead atoms. The number of hydrogen-bond acceptors (Lipinski definition) is 3. The molecule has 0 spiro atoms. The number of halogens is 1. The Bertz CT molecular complexity index is 767. The van der Waals surface area contributed by atoms with Gasteiger partial charge in [-0.2, -0.15) is 0 Å². The smallest absolute Gasteiger partial charge is 0.207 e. The maximum absolute atomic E-state index is 12.5. The van der Waals surface area contributed by atoms with Gasteiger partial charge in [-0.25, -0.2) is 8.42 Å². The summed E-state index contributed by atoms with van der Waals surface area (Å²) in [4.78, 5) is 12.5. The zero-order chi connectivity index (χ0) is 16.4. The minimum Gasteiger partial charge on any atom is -0.291 e. The van der Waals surface area contributed by atoms with Crippen LogP contribution in [0.25, 0.3) is 11.1 Å². The number of carbonyl (C=O) groups is 1. The van der Waals surface area contributed by atoms with Crippen molar-refractivity contribution in [3.05, 3.63) is 60.2 Å². The van der Waals surface area contributed by atoms with Crippen molar-refractivity contribution in [1.82, 2.24) is 0 Å². The number of alkyl halides is 1. The molecule has 2 rings (SSSR count). The molecule has 5 heteroatoms. The van der Waals surface area contributed by atoms with E-state index in [1.807, 2.05) is 30.3 Å². The van der Waals surface area contributed by atoms with E-state index in [0.717, 1.165) is 17.4 Å². The van der Waals surface area contributed by atoms with Gasteiger partial charge in [-0.15, -0.1) is 0 Å². The topological polar surface area (TPSA) is 51.2 Å². The molecule has 0 aliphatic carbocycles. The molecule has 0 radical (unpaired) electrons. The highest BCUT2D eigenvalue weighted by Gasteiger charge is 2.44. The number of Topliss-reactive ketones (excluding diaryl/α,β-unsaturated/α-hetero) is 1. The Morgan fingerprint density at radius 1 is 1.00 bits per heavy atom. The van der Waals surface area contributed by atoms with E-state index < -0.39 is 19.8 Å². The number of ketones is 1. The fraction of sp³-hybridized carbons (Fsp3) is 0.235. The van der Waals surface area contributed by atoms with Crippen LogP contribution in [0, 0.1) is 0 Å². The lowest BCUT2D eigenvalue weighted by Crippen LogP contribution is -2.40. The lowest BCUT2D eigenvalue weighted by Gasteiger charge is -2.22. The van der Waals surface area contributed by atoms with Crippen molar-refractivity contribution in [1.29, 1.82) is 0 Å². The molecule has 0 saturated carbocycles. The molecule has 0 aliphatic heterocycles. The number of rotatable bonds is 5. The van der Waals surface area contributed by atoms with E-state index in [-0.39, 0.29) is 6.42 Å². The second kappa shape index (κ2) is 6.23. The predicted molar refractivity (Wildman–Crippen MR) is 89.9 cm³/mol. The van der Waals surface area contributed by atoms with E-state index in [2.05, 4.69) is 0 Å². The third kappa shape index (κ3) is 3.08. The Hall–Kier alpha value is -1.65. The zero-order valence-electron chi connectivity index (χ0n) is 12.4. The van der Waals surface area contributed by atoms with E-state index in [1.54, 1.807) is 31.2 Å². The van der Waals surface area contributed by atoms with Crippen LogP contribution in [0.2, 0.25) is 0 Å². The number of carbonyl (C=O) groups excluding carboxylic acids is 1. The average Bonchev–Trinajstić information content (AvgIpc) is 2.53. The Labute approximate surface area is 135 Å². The van der Waals surface area contributed by atoms with Gasteiger partial charge in [0.05, 0.1) is 0 Å². The van der Waals surface area contributed by atoms with E-state index in [0.29, 0.717) is 5.56 Å². The van der Waals surface area contributed by atoms with Gasteiger partial charge in [-0.05, 0) is 17.5 Å². The Balaban J connectivity index is 2.37. The van der Waals surface area contributed by atoms with Crippen LogP contribution in [-0.2, 0) is 9.84 Å². The first-order chi connectivity index (χ1) is 10.3. The van der Waals surface area contributed by atoms with Gasteiger partial charge in [-0.1, -0.05) is 73.1 Å². The van der Waals surface area contributed by atoms with Crippen molar-refractivity contribution in [3.63, 3.8) is 0 Å². The summed E-state index contributed by atoms with van der Waals surface area (Å²) in [6.45, 7) is 1.59. The minimum absolute atomic E-state index is 0.0205. The lowest BCUT2D eigenvalue weighted by atomic mass is 10.0. The Morgan fingerprint density at radius 3 is 1.95 bits per heavy atom. The molecule has 0 unspecified atom stereocenters. The van der Waals surface area contributed by atoms with Crippen LogP contribution < -0.4 is 0 Å². The first-order valence-electron chi connectivity index (χ1n) is 6.88. The average molecular weight is 337 g/mol. The fourth-order valence-corrected chi connectivity index (χ4v) is 3.34. The van der Waals surface area contributed by atoms with Crippen molar-refractivity contribution in [2.24, 2.45) is 0 Å². The van der Waals surface area contributed by atoms with Crippen molar-refractivity contribution in [2.45, 2.75) is 17.6 Å². The standard InChI is InChI=1S/C17H17ClO3S/c1-3-17(18,22(2,20)21)16(19)15-11-9-14(10-12-15)13-7-5-4-6-8-13/h4-12H,3H2,1-2H3/t17-/m1/s1. The van der Waals surface area contributed by atoms with Crippen molar-refractivity contribution in [3.8, 4) is 11.1 Å². The van der Waals surface area contributed by atoms with Gasteiger partial charge in [-0.3, -0.25) is 4.79 Å². The number of sulfone groups is 1. The summed E-state index contributed by atoms with van der Waals surface area (Å²) in [5, 5.41) is 0. The van der Waals surface area contributed by atoms with Crippen LogP contribution in [0.4, 0.5) is 0 Å². The zero-order valence-corrected chi connectivity index (χ0v) is 14.0. The maximum atomic E-state index is 12.5. The molecule has 0 saturated heterocycles. The first-order valence-corrected chi connectivity index (χ1v) is 9.15. The minimum atomic E-state index is -3.71. The van der Waals surface area contributed by atoms with Gasteiger partial charge in [0.2, 0.25) is 4.21 Å². The van der Waals surface area contributed by atoms with Crippen LogP contribution in [-0.4, -0.2) is 24.7 Å². The van der Waals surface area contributed by atoms with Crippen LogP contribution in [0.1, 0.15) is 23.7 Å². The Kier molecular flexibility index (Phi) is 4.73. The Morgan fingerprint density at radius 2 is 1.50 bits per heavy atom. The molecule has 0 amide bonds. The molecular weight excluding hydrogens is 320 g/mol. The summed E-state index contributed by atoms with van der Waals surface area (Å²) in [7, 11) is -3.71. The molecule has 3 nitrogen and oxygen atoms in total. The lowest BCUT2D eigenvalue weighted by molar-refractivity contribution is 0.0971. The van der Waals surface area contributed by atoms with E-state index in [4.69, 9.17) is 11.6 Å². The highest BCUT2D eigenvalue weighted by molar-refractivity contribution is 7.94. The van der Waals surface area contributed by atoms with E-state index >= 15 is 0 Å². The maximum Gasteiger partial charge on any atom is 0.207 e. The molecule has 0 aromatic heterocycles. The SMILES string of the molecule is CC[C@](Cl)(C(=O)c1ccc(-c2ccccc2)cc1)S(C)(=O)=O. The molecule has 22 heavy (non-hydrogen) atoms. The number of hydrogen-bond donors (Lipinski definition) is 0. The van der Waals surface area contributed by atoms with E-state index in [9.17, 15) is 13.2 Å². The monoisotopic (exact) mass is 336 g/mol. The van der Waals surface area contributed by atoms with E-state index in [1.165, 1.54) is 0 Å². The summed E-state index contributed by atoms with van der Waals surface area (Å²) < 4.78 is 21.8. The van der Waals surface area contributed by atoms with Gasteiger partial charge in [0.1, 0.15) is 0 Å². The molecule has 1 atom stereocenters. The van der Waals surface area contributed by atoms with Crippen molar-refractivity contribution >= 4 is 27.2 Å². The van der Waals surface area contributed by atoms with Crippen LogP contribution in [0.5, 0.6) is 0 Å². The van der Waals surface area contributed by atoms with Crippen LogP contribution in [0.3, 0.4) is 0 Å². The summed E-state index contributed by atoms with van der Waals surface area (Å²) in [5.41, 5.74) is 2.27.